The minimum atomic E-state index is 0.342. The molecule has 0 aliphatic rings. The van der Waals surface area contributed by atoms with Gasteiger partial charge in [-0.1, -0.05) is 18.2 Å². The van der Waals surface area contributed by atoms with Crippen molar-refractivity contribution in [1.82, 2.24) is 14.5 Å². The van der Waals surface area contributed by atoms with Crippen molar-refractivity contribution < 1.29 is 4.74 Å². The molecule has 4 nitrogen and oxygen atoms in total. The highest BCUT2D eigenvalue weighted by Crippen LogP contribution is 2.24. The van der Waals surface area contributed by atoms with Gasteiger partial charge in [-0.3, -0.25) is 4.57 Å². The van der Waals surface area contributed by atoms with Gasteiger partial charge in [-0.05, 0) is 30.2 Å². The lowest BCUT2D eigenvalue weighted by Gasteiger charge is -2.12. The summed E-state index contributed by atoms with van der Waals surface area (Å²) in [7, 11) is 1.71. The Morgan fingerprint density at radius 2 is 2.05 bits per heavy atom. The quantitative estimate of drug-likeness (QED) is 0.679. The number of fused-ring (bicyclic) bond motifs is 1. The largest absolute Gasteiger partial charge is 0.384 e. The fourth-order valence-corrected chi connectivity index (χ4v) is 2.63. The number of alkyl halides is 1. The topological polar surface area (TPSA) is 39.9 Å². The average molecular weight is 302 g/mol. The maximum atomic E-state index is 6.07. The van der Waals surface area contributed by atoms with E-state index in [9.17, 15) is 0 Å². The number of pyridine rings is 1. The molecule has 0 spiro atoms. The van der Waals surface area contributed by atoms with Gasteiger partial charge in [0.1, 0.15) is 11.3 Å². The number of hydrogen-bond acceptors (Lipinski definition) is 3. The highest BCUT2D eigenvalue weighted by atomic mass is 35.5. The van der Waals surface area contributed by atoms with Crippen LogP contribution < -0.4 is 0 Å². The van der Waals surface area contributed by atoms with E-state index in [0.29, 0.717) is 12.5 Å². The lowest BCUT2D eigenvalue weighted by Crippen LogP contribution is -2.06. The molecule has 0 aliphatic carbocycles. The second-order valence-corrected chi connectivity index (χ2v) is 4.98. The molecule has 2 heterocycles. The first-order valence-electron chi connectivity index (χ1n) is 6.80. The van der Waals surface area contributed by atoms with Gasteiger partial charge in [0.15, 0.2) is 5.65 Å². The van der Waals surface area contributed by atoms with Crippen molar-refractivity contribution in [3.63, 3.8) is 0 Å². The Morgan fingerprint density at radius 1 is 1.19 bits per heavy atom. The van der Waals surface area contributed by atoms with Crippen LogP contribution in [0.1, 0.15) is 11.4 Å². The van der Waals surface area contributed by atoms with Crippen molar-refractivity contribution in [1.29, 1.82) is 0 Å². The molecule has 0 saturated heterocycles. The van der Waals surface area contributed by atoms with Gasteiger partial charge in [0.2, 0.25) is 0 Å². The van der Waals surface area contributed by atoms with Gasteiger partial charge < -0.3 is 4.74 Å². The van der Waals surface area contributed by atoms with Crippen LogP contribution in [0, 0.1) is 0 Å². The van der Waals surface area contributed by atoms with E-state index < -0.39 is 0 Å². The Morgan fingerprint density at radius 3 is 2.86 bits per heavy atom. The number of imidazole rings is 1. The van der Waals surface area contributed by atoms with Crippen molar-refractivity contribution in [3.05, 3.63) is 54.0 Å². The van der Waals surface area contributed by atoms with E-state index >= 15 is 0 Å². The molecule has 0 bridgehead atoms. The smallest absolute Gasteiger partial charge is 0.164 e. The molecule has 3 aromatic rings. The van der Waals surface area contributed by atoms with Crippen LogP contribution in [0.15, 0.2) is 42.6 Å². The third-order valence-corrected chi connectivity index (χ3v) is 3.65. The molecule has 1 aromatic carbocycles. The van der Waals surface area contributed by atoms with Crippen molar-refractivity contribution in [2.45, 2.75) is 12.3 Å². The Kier molecular flexibility index (Phi) is 4.18. The highest BCUT2D eigenvalue weighted by molar-refractivity contribution is 6.16. The zero-order valence-corrected chi connectivity index (χ0v) is 12.5. The Bertz CT molecular complexity index is 754. The van der Waals surface area contributed by atoms with E-state index in [1.807, 2.05) is 28.8 Å². The van der Waals surface area contributed by atoms with Gasteiger partial charge in [0.25, 0.3) is 0 Å². The minimum absolute atomic E-state index is 0.342. The van der Waals surface area contributed by atoms with Gasteiger partial charge in [0.05, 0.1) is 18.2 Å². The van der Waals surface area contributed by atoms with E-state index in [1.54, 1.807) is 13.3 Å². The third-order valence-electron chi connectivity index (χ3n) is 3.41. The van der Waals surface area contributed by atoms with E-state index in [1.165, 1.54) is 5.56 Å². The molecular weight excluding hydrogens is 286 g/mol. The second kappa shape index (κ2) is 6.24. The first kappa shape index (κ1) is 14.0. The molecule has 0 N–H and O–H groups in total. The van der Waals surface area contributed by atoms with Gasteiger partial charge >= 0.3 is 0 Å². The van der Waals surface area contributed by atoms with Crippen molar-refractivity contribution in [2.75, 3.05) is 13.7 Å². The number of hydrogen-bond donors (Lipinski definition) is 0. The zero-order valence-electron chi connectivity index (χ0n) is 11.8. The van der Waals surface area contributed by atoms with Gasteiger partial charge in [-0.2, -0.15) is 0 Å². The maximum absolute atomic E-state index is 6.07. The summed E-state index contributed by atoms with van der Waals surface area (Å²) < 4.78 is 7.23. The molecule has 3 rings (SSSR count). The molecule has 0 unspecified atom stereocenters. The number of rotatable bonds is 5. The Hall–Kier alpha value is -1.91. The number of aromatic nitrogens is 3. The number of halogens is 1. The second-order valence-electron chi connectivity index (χ2n) is 4.71. The standard InChI is InChI=1S/C16H16ClN3O/c1-21-10-8-12-5-2-3-7-14(12)20-15(11-17)19-13-6-4-9-18-16(13)20/h2-7,9H,8,10-11H2,1H3. The number of benzene rings is 1. The summed E-state index contributed by atoms with van der Waals surface area (Å²) in [5, 5.41) is 0. The lowest BCUT2D eigenvalue weighted by atomic mass is 10.1. The van der Waals surface area contributed by atoms with Crippen LogP contribution in [0.2, 0.25) is 0 Å². The summed E-state index contributed by atoms with van der Waals surface area (Å²) in [4.78, 5) is 9.02. The van der Waals surface area contributed by atoms with Gasteiger partial charge in [0, 0.05) is 13.3 Å². The molecule has 108 valence electrons. The predicted molar refractivity (Wildman–Crippen MR) is 84.0 cm³/mol. The molecule has 2 aromatic heterocycles. The average Bonchev–Trinajstić information content (AvgIpc) is 2.91. The van der Waals surface area contributed by atoms with E-state index in [4.69, 9.17) is 16.3 Å². The monoisotopic (exact) mass is 301 g/mol. The third kappa shape index (κ3) is 2.64. The van der Waals surface area contributed by atoms with Crippen LogP contribution in [-0.4, -0.2) is 28.3 Å². The summed E-state index contributed by atoms with van der Waals surface area (Å²) in [6.07, 6.45) is 2.61. The van der Waals surface area contributed by atoms with Gasteiger partial charge in [-0.25, -0.2) is 9.97 Å². The molecular formula is C16H16ClN3O. The van der Waals surface area contributed by atoms with Crippen LogP contribution in [0.3, 0.4) is 0 Å². The van der Waals surface area contributed by atoms with E-state index in [-0.39, 0.29) is 0 Å². The summed E-state index contributed by atoms with van der Waals surface area (Å²) >= 11 is 6.07. The minimum Gasteiger partial charge on any atom is -0.384 e. The Balaban J connectivity index is 2.20. The Labute approximate surface area is 128 Å². The summed E-state index contributed by atoms with van der Waals surface area (Å²) in [5.41, 5.74) is 3.94. The van der Waals surface area contributed by atoms with Crippen LogP contribution in [0.25, 0.3) is 16.9 Å². The summed E-state index contributed by atoms with van der Waals surface area (Å²) in [6.45, 7) is 0.674. The van der Waals surface area contributed by atoms with Crippen molar-refractivity contribution in [3.8, 4) is 5.69 Å². The maximum Gasteiger partial charge on any atom is 0.164 e. The number of methoxy groups -OCH3 is 1. The van der Waals surface area contributed by atoms with Crippen LogP contribution >= 0.6 is 11.6 Å². The highest BCUT2D eigenvalue weighted by Gasteiger charge is 2.14. The first-order valence-corrected chi connectivity index (χ1v) is 7.34. The normalized spacial score (nSPS) is 11.1. The summed E-state index contributed by atoms with van der Waals surface area (Å²) in [5.74, 6) is 1.14. The van der Waals surface area contributed by atoms with E-state index in [0.717, 1.165) is 29.1 Å². The number of nitrogens with zero attached hydrogens (tertiary/aromatic N) is 3. The van der Waals surface area contributed by atoms with Crippen molar-refractivity contribution >= 4 is 22.8 Å². The molecule has 21 heavy (non-hydrogen) atoms. The van der Waals surface area contributed by atoms with Gasteiger partial charge in [-0.15, -0.1) is 11.6 Å². The molecule has 0 atom stereocenters. The summed E-state index contributed by atoms with van der Waals surface area (Å²) in [6, 6.07) is 12.0. The van der Waals surface area contributed by atoms with Crippen LogP contribution in [-0.2, 0) is 17.0 Å². The molecule has 5 heteroatoms. The molecule has 0 radical (unpaired) electrons. The number of ether oxygens (including phenoxy) is 1. The molecule has 0 aliphatic heterocycles. The SMILES string of the molecule is COCCc1ccccc1-n1c(CCl)nc2cccnc21. The molecule has 0 amide bonds. The first-order chi connectivity index (χ1) is 10.3. The fraction of sp³-hybridized carbons (Fsp3) is 0.250. The van der Waals surface area contributed by atoms with Crippen molar-refractivity contribution in [2.24, 2.45) is 0 Å². The fourth-order valence-electron chi connectivity index (χ4n) is 2.45. The molecule has 0 saturated carbocycles. The lowest BCUT2D eigenvalue weighted by molar-refractivity contribution is 0.202. The van der Waals surface area contributed by atoms with Crippen LogP contribution in [0.4, 0.5) is 0 Å². The number of para-hydroxylation sites is 1. The van der Waals surface area contributed by atoms with Crippen LogP contribution in [0.5, 0.6) is 0 Å². The predicted octanol–water partition coefficient (Wildman–Crippen LogP) is 3.35. The zero-order chi connectivity index (χ0) is 14.7. The van der Waals surface area contributed by atoms with E-state index in [2.05, 4.69) is 22.1 Å². The molecule has 0 fully saturated rings.